The zero-order valence-corrected chi connectivity index (χ0v) is 14.5. The summed E-state index contributed by atoms with van der Waals surface area (Å²) in [6.07, 6.45) is 5.28. The molecule has 2 aliphatic rings. The summed E-state index contributed by atoms with van der Waals surface area (Å²) in [4.78, 5) is 6.91. The van der Waals surface area contributed by atoms with E-state index in [1.165, 1.54) is 5.56 Å². The molecule has 1 aromatic heterocycles. The predicted octanol–water partition coefficient (Wildman–Crippen LogP) is 2.65. The average molecular weight is 338 g/mol. The Bertz CT molecular complexity index is 688. The van der Waals surface area contributed by atoms with E-state index < -0.39 is 5.60 Å². The van der Waals surface area contributed by atoms with E-state index in [0.717, 1.165) is 44.6 Å². The second-order valence-corrected chi connectivity index (χ2v) is 7.83. The molecule has 2 aromatic rings. The van der Waals surface area contributed by atoms with Crippen molar-refractivity contribution in [3.05, 3.63) is 59.9 Å². The molecule has 0 radical (unpaired) electrons. The molecule has 4 heteroatoms. The summed E-state index contributed by atoms with van der Waals surface area (Å²) in [5, 5.41) is 20.4. The second-order valence-electron chi connectivity index (χ2n) is 7.83. The number of aliphatic hydroxyl groups is 1. The first-order chi connectivity index (χ1) is 12.1. The van der Waals surface area contributed by atoms with Crippen LogP contribution < -0.4 is 0 Å². The van der Waals surface area contributed by atoms with Crippen molar-refractivity contribution in [2.45, 2.75) is 31.3 Å². The van der Waals surface area contributed by atoms with E-state index in [2.05, 4.69) is 9.88 Å². The lowest BCUT2D eigenvalue weighted by atomic mass is 9.93. The van der Waals surface area contributed by atoms with E-state index in [0.29, 0.717) is 24.0 Å². The zero-order chi connectivity index (χ0) is 17.3. The first-order valence-corrected chi connectivity index (χ1v) is 9.22. The molecular weight excluding hydrogens is 312 g/mol. The third-order valence-corrected chi connectivity index (χ3v) is 5.83. The van der Waals surface area contributed by atoms with Crippen LogP contribution in [0.25, 0.3) is 0 Å². The van der Waals surface area contributed by atoms with E-state index in [1.54, 1.807) is 18.3 Å². The fourth-order valence-electron chi connectivity index (χ4n) is 4.67. The van der Waals surface area contributed by atoms with Crippen LogP contribution in [0, 0.1) is 11.8 Å². The number of benzene rings is 1. The average Bonchev–Trinajstić information content (AvgIpc) is 3.09. The number of hydrogen-bond donors (Lipinski definition) is 2. The standard InChI is InChI=1S/C21H26N2O2/c24-20-6-4-16(5-7-20)8-10-23-14-17-11-21(25,12-18(17)15-23)13-19-3-1-2-9-22-19/h1-7,9,17-18,24-25H,8,10-15H2/t17-,18+,21-. The molecule has 3 atom stereocenters. The Morgan fingerprint density at radius 2 is 1.76 bits per heavy atom. The van der Waals surface area contributed by atoms with Gasteiger partial charge < -0.3 is 15.1 Å². The predicted molar refractivity (Wildman–Crippen MR) is 97.4 cm³/mol. The van der Waals surface area contributed by atoms with Crippen LogP contribution in [-0.4, -0.2) is 45.3 Å². The van der Waals surface area contributed by atoms with Crippen LogP contribution in [0.1, 0.15) is 24.1 Å². The lowest BCUT2D eigenvalue weighted by molar-refractivity contribution is 0.0346. The summed E-state index contributed by atoms with van der Waals surface area (Å²) < 4.78 is 0. The number of phenolic OH excluding ortho intramolecular Hbond substituents is 1. The largest absolute Gasteiger partial charge is 0.508 e. The summed E-state index contributed by atoms with van der Waals surface area (Å²) in [6.45, 7) is 3.23. The van der Waals surface area contributed by atoms with Gasteiger partial charge in [0.15, 0.2) is 0 Å². The molecule has 2 N–H and O–H groups in total. The van der Waals surface area contributed by atoms with Crippen molar-refractivity contribution in [2.75, 3.05) is 19.6 Å². The summed E-state index contributed by atoms with van der Waals surface area (Å²) in [7, 11) is 0. The number of aromatic hydroxyl groups is 1. The molecule has 0 spiro atoms. The Balaban J connectivity index is 1.29. The molecule has 132 valence electrons. The topological polar surface area (TPSA) is 56.6 Å². The van der Waals surface area contributed by atoms with Gasteiger partial charge >= 0.3 is 0 Å². The van der Waals surface area contributed by atoms with Crippen LogP contribution in [0.2, 0.25) is 0 Å². The molecule has 0 unspecified atom stereocenters. The molecule has 4 nitrogen and oxygen atoms in total. The molecule has 1 aliphatic heterocycles. The minimum Gasteiger partial charge on any atom is -0.508 e. The molecule has 2 fully saturated rings. The smallest absolute Gasteiger partial charge is 0.115 e. The van der Waals surface area contributed by atoms with E-state index in [-0.39, 0.29) is 0 Å². The number of fused-ring (bicyclic) bond motifs is 1. The van der Waals surface area contributed by atoms with Crippen LogP contribution in [0.4, 0.5) is 0 Å². The van der Waals surface area contributed by atoms with Gasteiger partial charge in [-0.3, -0.25) is 4.98 Å². The van der Waals surface area contributed by atoms with Gasteiger partial charge in [0, 0.05) is 37.9 Å². The quantitative estimate of drug-likeness (QED) is 0.880. The fraction of sp³-hybridized carbons (Fsp3) is 0.476. The maximum absolute atomic E-state index is 11.0. The Kier molecular flexibility index (Phi) is 4.48. The molecule has 1 aliphatic carbocycles. The van der Waals surface area contributed by atoms with E-state index >= 15 is 0 Å². The van der Waals surface area contributed by atoms with Crippen LogP contribution in [0.3, 0.4) is 0 Å². The maximum Gasteiger partial charge on any atom is 0.115 e. The van der Waals surface area contributed by atoms with E-state index in [9.17, 15) is 10.2 Å². The Morgan fingerprint density at radius 3 is 2.40 bits per heavy atom. The van der Waals surface area contributed by atoms with Crippen molar-refractivity contribution < 1.29 is 10.2 Å². The summed E-state index contributed by atoms with van der Waals surface area (Å²) in [6, 6.07) is 13.4. The molecule has 1 saturated carbocycles. The SMILES string of the molecule is Oc1ccc(CCN2C[C@@H]3C[C@@](O)(Cc4ccccn4)C[C@@H]3C2)cc1. The number of hydrogen-bond acceptors (Lipinski definition) is 4. The summed E-state index contributed by atoms with van der Waals surface area (Å²) >= 11 is 0. The van der Waals surface area contributed by atoms with E-state index in [1.807, 2.05) is 30.3 Å². The Morgan fingerprint density at radius 1 is 1.04 bits per heavy atom. The van der Waals surface area contributed by atoms with Gasteiger partial charge in [0.1, 0.15) is 5.75 Å². The summed E-state index contributed by atoms with van der Waals surface area (Å²) in [5.41, 5.74) is 1.68. The Labute approximate surface area is 149 Å². The zero-order valence-electron chi connectivity index (χ0n) is 14.5. The minimum absolute atomic E-state index is 0.326. The van der Waals surface area contributed by atoms with Crippen LogP contribution >= 0.6 is 0 Å². The van der Waals surface area contributed by atoms with Crippen molar-refractivity contribution in [3.63, 3.8) is 0 Å². The van der Waals surface area contributed by atoms with Gasteiger partial charge in [-0.25, -0.2) is 0 Å². The van der Waals surface area contributed by atoms with Crippen LogP contribution in [-0.2, 0) is 12.8 Å². The number of likely N-dealkylation sites (tertiary alicyclic amines) is 1. The molecule has 1 saturated heterocycles. The lowest BCUT2D eigenvalue weighted by Crippen LogP contribution is -2.33. The third kappa shape index (κ3) is 3.86. The highest BCUT2D eigenvalue weighted by Crippen LogP contribution is 2.45. The lowest BCUT2D eigenvalue weighted by Gasteiger charge is -2.25. The van der Waals surface area contributed by atoms with Gasteiger partial charge in [0.25, 0.3) is 0 Å². The van der Waals surface area contributed by atoms with Gasteiger partial charge in [0.05, 0.1) is 5.60 Å². The van der Waals surface area contributed by atoms with Crippen LogP contribution in [0.15, 0.2) is 48.7 Å². The molecule has 0 amide bonds. The molecule has 2 heterocycles. The van der Waals surface area contributed by atoms with E-state index in [4.69, 9.17) is 0 Å². The molecular formula is C21H26N2O2. The Hall–Kier alpha value is -1.91. The normalized spacial score (nSPS) is 29.0. The second kappa shape index (κ2) is 6.77. The highest BCUT2D eigenvalue weighted by atomic mass is 16.3. The van der Waals surface area contributed by atoms with Gasteiger partial charge in [-0.05, 0) is 60.9 Å². The highest BCUT2D eigenvalue weighted by Gasteiger charge is 2.48. The number of aromatic nitrogens is 1. The van der Waals surface area contributed by atoms with Crippen molar-refractivity contribution in [3.8, 4) is 5.75 Å². The van der Waals surface area contributed by atoms with Crippen molar-refractivity contribution in [1.29, 1.82) is 0 Å². The number of pyridine rings is 1. The molecule has 4 rings (SSSR count). The van der Waals surface area contributed by atoms with Gasteiger partial charge in [0.2, 0.25) is 0 Å². The van der Waals surface area contributed by atoms with Gasteiger partial charge in [-0.2, -0.15) is 0 Å². The first kappa shape index (κ1) is 16.6. The maximum atomic E-state index is 11.0. The number of phenols is 1. The third-order valence-electron chi connectivity index (χ3n) is 5.83. The first-order valence-electron chi connectivity index (χ1n) is 9.22. The van der Waals surface area contributed by atoms with Crippen molar-refractivity contribution >= 4 is 0 Å². The van der Waals surface area contributed by atoms with Gasteiger partial charge in [-0.1, -0.05) is 18.2 Å². The van der Waals surface area contributed by atoms with Crippen molar-refractivity contribution in [1.82, 2.24) is 9.88 Å². The highest BCUT2D eigenvalue weighted by molar-refractivity contribution is 5.26. The number of rotatable bonds is 5. The monoisotopic (exact) mass is 338 g/mol. The fourth-order valence-corrected chi connectivity index (χ4v) is 4.67. The number of nitrogens with zero attached hydrogens (tertiary/aromatic N) is 2. The van der Waals surface area contributed by atoms with Gasteiger partial charge in [-0.15, -0.1) is 0 Å². The van der Waals surface area contributed by atoms with Crippen molar-refractivity contribution in [2.24, 2.45) is 11.8 Å². The minimum atomic E-state index is -0.577. The molecule has 25 heavy (non-hydrogen) atoms. The van der Waals surface area contributed by atoms with Crippen LogP contribution in [0.5, 0.6) is 5.75 Å². The molecule has 0 bridgehead atoms. The summed E-state index contributed by atoms with van der Waals surface area (Å²) in [5.74, 6) is 1.54. The molecule has 1 aromatic carbocycles.